The van der Waals surface area contributed by atoms with Gasteiger partial charge in [-0.3, -0.25) is 4.72 Å². The minimum atomic E-state index is -3.79. The molecule has 0 atom stereocenters. The van der Waals surface area contributed by atoms with Gasteiger partial charge in [0.1, 0.15) is 16.9 Å². The Morgan fingerprint density at radius 1 is 1.19 bits per heavy atom. The molecule has 0 radical (unpaired) electrons. The lowest BCUT2D eigenvalue weighted by atomic mass is 10.3. The molecule has 0 fully saturated rings. The molecule has 132 valence electrons. The first-order valence-corrected chi connectivity index (χ1v) is 9.90. The van der Waals surface area contributed by atoms with Crippen LogP contribution in [0, 0.1) is 0 Å². The Morgan fingerprint density at radius 2 is 2.04 bits per heavy atom. The number of nitrogens with zero attached hydrogens (tertiary/aromatic N) is 4. The van der Waals surface area contributed by atoms with Crippen molar-refractivity contribution in [1.82, 2.24) is 24.7 Å². The van der Waals surface area contributed by atoms with Gasteiger partial charge in [-0.2, -0.15) is 0 Å². The van der Waals surface area contributed by atoms with Gasteiger partial charge in [0, 0.05) is 29.7 Å². The summed E-state index contributed by atoms with van der Waals surface area (Å²) in [6.07, 6.45) is 4.64. The number of fused-ring (bicyclic) bond motifs is 1. The first-order chi connectivity index (χ1) is 12.5. The van der Waals surface area contributed by atoms with Gasteiger partial charge >= 0.3 is 0 Å². The van der Waals surface area contributed by atoms with Gasteiger partial charge in [-0.25, -0.2) is 13.4 Å². The van der Waals surface area contributed by atoms with Gasteiger partial charge in [0.15, 0.2) is 5.16 Å². The predicted molar refractivity (Wildman–Crippen MR) is 98.5 cm³/mol. The molecule has 26 heavy (non-hydrogen) atoms. The molecular weight excluding hydrogens is 372 g/mol. The van der Waals surface area contributed by atoms with Crippen LogP contribution in [0.4, 0.5) is 5.69 Å². The molecule has 0 aliphatic carbocycles. The monoisotopic (exact) mass is 386 g/mol. The number of nitrogens with one attached hydrogen (secondary N) is 2. The second-order valence-electron chi connectivity index (χ2n) is 5.48. The summed E-state index contributed by atoms with van der Waals surface area (Å²) in [4.78, 5) is 7.89. The summed E-state index contributed by atoms with van der Waals surface area (Å²) < 4.78 is 30.2. The Bertz CT molecular complexity index is 1180. The zero-order valence-corrected chi connectivity index (χ0v) is 15.3. The standard InChI is InChI=1S/C16H14N6O2S2/c1-22-10-19-20-16(22)25-13-7-3-2-6-12(13)21-26(23,24)14-9-18-15-11(14)5-4-8-17-15/h2-10,21H,1H3,(H,17,18). The van der Waals surface area contributed by atoms with E-state index in [-0.39, 0.29) is 4.90 Å². The number of H-pyrrole nitrogens is 1. The fourth-order valence-electron chi connectivity index (χ4n) is 2.46. The molecular formula is C16H14N6O2S2. The summed E-state index contributed by atoms with van der Waals surface area (Å²) in [5.41, 5.74) is 0.994. The number of pyridine rings is 1. The van der Waals surface area contributed by atoms with Gasteiger partial charge in [-0.05, 0) is 36.0 Å². The van der Waals surface area contributed by atoms with Crippen molar-refractivity contribution in [2.24, 2.45) is 7.05 Å². The first kappa shape index (κ1) is 16.6. The fourth-order valence-corrected chi connectivity index (χ4v) is 4.62. The highest BCUT2D eigenvalue weighted by Crippen LogP contribution is 2.33. The maximum absolute atomic E-state index is 12.9. The van der Waals surface area contributed by atoms with Crippen LogP contribution < -0.4 is 4.72 Å². The molecule has 0 spiro atoms. The second kappa shape index (κ2) is 6.46. The molecule has 0 aliphatic rings. The van der Waals surface area contributed by atoms with Crippen molar-refractivity contribution in [2.45, 2.75) is 14.9 Å². The lowest BCUT2D eigenvalue weighted by molar-refractivity contribution is 0.602. The third-order valence-electron chi connectivity index (χ3n) is 3.71. The summed E-state index contributed by atoms with van der Waals surface area (Å²) >= 11 is 1.33. The Labute approximate surface area is 153 Å². The fraction of sp³-hybridized carbons (Fsp3) is 0.0625. The average molecular weight is 386 g/mol. The molecule has 0 amide bonds. The number of para-hydroxylation sites is 1. The summed E-state index contributed by atoms with van der Waals surface area (Å²) in [5.74, 6) is 0. The minimum absolute atomic E-state index is 0.152. The smallest absolute Gasteiger partial charge is 0.264 e. The molecule has 3 heterocycles. The van der Waals surface area contributed by atoms with Crippen LogP contribution in [0.25, 0.3) is 11.0 Å². The molecule has 8 nitrogen and oxygen atoms in total. The van der Waals surface area contributed by atoms with Crippen LogP contribution in [-0.2, 0) is 17.1 Å². The van der Waals surface area contributed by atoms with Gasteiger partial charge in [0.05, 0.1) is 5.69 Å². The number of aryl methyl sites for hydroxylation is 1. The van der Waals surface area contributed by atoms with E-state index < -0.39 is 10.0 Å². The third-order valence-corrected chi connectivity index (χ3v) is 6.24. The lowest BCUT2D eigenvalue weighted by Crippen LogP contribution is -2.13. The molecule has 10 heteroatoms. The number of rotatable bonds is 5. The van der Waals surface area contributed by atoms with E-state index in [0.29, 0.717) is 21.9 Å². The van der Waals surface area contributed by atoms with Crippen LogP contribution in [0.5, 0.6) is 0 Å². The summed E-state index contributed by atoms with van der Waals surface area (Å²) in [5, 5.41) is 9.06. The number of aromatic nitrogens is 5. The highest BCUT2D eigenvalue weighted by atomic mass is 32.2. The zero-order valence-electron chi connectivity index (χ0n) is 13.6. The number of sulfonamides is 1. The Hall–Kier alpha value is -2.85. The maximum Gasteiger partial charge on any atom is 0.264 e. The van der Waals surface area contributed by atoms with E-state index in [1.54, 1.807) is 41.4 Å². The van der Waals surface area contributed by atoms with E-state index in [2.05, 4.69) is 24.9 Å². The van der Waals surface area contributed by atoms with E-state index in [1.807, 2.05) is 19.2 Å². The highest BCUT2D eigenvalue weighted by molar-refractivity contribution is 7.99. The van der Waals surface area contributed by atoms with E-state index in [4.69, 9.17) is 0 Å². The molecule has 0 saturated heterocycles. The minimum Gasteiger partial charge on any atom is -0.345 e. The van der Waals surface area contributed by atoms with Crippen LogP contribution in [0.15, 0.2) is 70.1 Å². The van der Waals surface area contributed by atoms with Gasteiger partial charge in [-0.1, -0.05) is 12.1 Å². The molecule has 0 saturated carbocycles. The lowest BCUT2D eigenvalue weighted by Gasteiger charge is -2.11. The van der Waals surface area contributed by atoms with Crippen LogP contribution in [0.3, 0.4) is 0 Å². The highest BCUT2D eigenvalue weighted by Gasteiger charge is 2.21. The molecule has 0 bridgehead atoms. The quantitative estimate of drug-likeness (QED) is 0.546. The summed E-state index contributed by atoms with van der Waals surface area (Å²) in [6, 6.07) is 10.6. The Kier molecular flexibility index (Phi) is 4.13. The maximum atomic E-state index is 12.9. The van der Waals surface area contributed by atoms with Crippen molar-refractivity contribution in [1.29, 1.82) is 0 Å². The third kappa shape index (κ3) is 3.04. The second-order valence-corrected chi connectivity index (χ2v) is 8.14. The molecule has 3 aromatic heterocycles. The van der Waals surface area contributed by atoms with Crippen molar-refractivity contribution < 1.29 is 8.42 Å². The molecule has 1 aromatic carbocycles. The summed E-state index contributed by atoms with van der Waals surface area (Å²) in [6.45, 7) is 0. The number of anilines is 1. The van der Waals surface area contributed by atoms with Gasteiger partial charge in [-0.15, -0.1) is 10.2 Å². The van der Waals surface area contributed by atoms with Crippen molar-refractivity contribution >= 4 is 38.5 Å². The molecule has 4 rings (SSSR count). The first-order valence-electron chi connectivity index (χ1n) is 7.60. The van der Waals surface area contributed by atoms with Crippen LogP contribution >= 0.6 is 11.8 Å². The summed E-state index contributed by atoms with van der Waals surface area (Å²) in [7, 11) is -1.96. The van der Waals surface area contributed by atoms with Gasteiger partial charge in [0.25, 0.3) is 10.0 Å². The molecule has 4 aromatic rings. The van der Waals surface area contributed by atoms with Crippen molar-refractivity contribution in [3.63, 3.8) is 0 Å². The zero-order chi connectivity index (χ0) is 18.1. The van der Waals surface area contributed by atoms with E-state index >= 15 is 0 Å². The molecule has 0 aliphatic heterocycles. The predicted octanol–water partition coefficient (Wildman–Crippen LogP) is 2.64. The van der Waals surface area contributed by atoms with Crippen molar-refractivity contribution in [2.75, 3.05) is 4.72 Å². The molecule has 0 unspecified atom stereocenters. The van der Waals surface area contributed by atoms with Gasteiger partial charge in [0.2, 0.25) is 0 Å². The van der Waals surface area contributed by atoms with E-state index in [0.717, 1.165) is 4.90 Å². The largest absolute Gasteiger partial charge is 0.345 e. The van der Waals surface area contributed by atoms with Crippen LogP contribution in [-0.4, -0.2) is 33.2 Å². The van der Waals surface area contributed by atoms with Gasteiger partial charge < -0.3 is 9.55 Å². The molecule has 2 N–H and O–H groups in total. The van der Waals surface area contributed by atoms with Crippen molar-refractivity contribution in [3.05, 3.63) is 55.1 Å². The Morgan fingerprint density at radius 3 is 2.85 bits per heavy atom. The number of aromatic amines is 1. The Balaban J connectivity index is 1.70. The normalized spacial score (nSPS) is 11.7. The van der Waals surface area contributed by atoms with E-state index in [1.165, 1.54) is 18.0 Å². The SMILES string of the molecule is Cn1cnnc1Sc1ccccc1NS(=O)(=O)c1c[nH]c2ncccc12. The number of hydrogen-bond acceptors (Lipinski definition) is 6. The van der Waals surface area contributed by atoms with Crippen LogP contribution in [0.2, 0.25) is 0 Å². The topological polar surface area (TPSA) is 106 Å². The number of hydrogen-bond donors (Lipinski definition) is 2. The van der Waals surface area contributed by atoms with Crippen molar-refractivity contribution in [3.8, 4) is 0 Å². The van der Waals surface area contributed by atoms with E-state index in [9.17, 15) is 8.42 Å². The average Bonchev–Trinajstić information content (AvgIpc) is 3.23. The van der Waals surface area contributed by atoms with Crippen LogP contribution in [0.1, 0.15) is 0 Å². The number of benzene rings is 1.